The van der Waals surface area contributed by atoms with Crippen LogP contribution in [-0.4, -0.2) is 62.9 Å². The zero-order valence-corrected chi connectivity index (χ0v) is 31.7. The Morgan fingerprint density at radius 1 is 0.500 bits per heavy atom. The van der Waals surface area contributed by atoms with Crippen molar-refractivity contribution in [3.63, 3.8) is 0 Å². The van der Waals surface area contributed by atoms with Gasteiger partial charge in [-0.2, -0.15) is 33.7 Å². The molecule has 0 aliphatic heterocycles. The van der Waals surface area contributed by atoms with Gasteiger partial charge in [-0.1, -0.05) is 12.1 Å². The van der Waals surface area contributed by atoms with Crippen molar-refractivity contribution in [3.8, 4) is 5.75 Å². The molecule has 0 heterocycles. The zero-order chi connectivity index (χ0) is 42.3. The lowest BCUT2D eigenvalue weighted by molar-refractivity contribution is -0.114. The predicted octanol–water partition coefficient (Wildman–Crippen LogP) is 3.08. The Kier molecular flexibility index (Phi) is 11.7. The lowest BCUT2D eigenvalue weighted by Crippen LogP contribution is -2.07. The highest BCUT2D eigenvalue weighted by atomic mass is 32.2. The number of nitrogen functional groups attached to an aromatic ring is 5. The topological polar surface area (TPSA) is 397 Å². The molecule has 0 unspecified atom stereocenters. The molecule has 0 spiro atoms. The highest BCUT2D eigenvalue weighted by molar-refractivity contribution is 7.86. The molecule has 16 N–H and O–H groups in total. The number of amides is 1. The first-order chi connectivity index (χ1) is 25.6. The van der Waals surface area contributed by atoms with Crippen LogP contribution in [0.4, 0.5) is 34.1 Å². The number of hydrogen-bond donors (Lipinski definition) is 11. The van der Waals surface area contributed by atoms with E-state index < -0.39 is 61.7 Å². The van der Waals surface area contributed by atoms with Gasteiger partial charge < -0.3 is 39.1 Å². The van der Waals surface area contributed by atoms with E-state index in [1.807, 2.05) is 0 Å². The van der Waals surface area contributed by atoms with Crippen LogP contribution in [0.2, 0.25) is 0 Å². The Balaban J connectivity index is 0.000000188. The number of nitrogens with two attached hydrogens (primary N) is 5. The van der Waals surface area contributed by atoms with E-state index in [-0.39, 0.29) is 32.2 Å². The number of carbonyl (C=O) groups excluding carboxylic acids is 1. The van der Waals surface area contributed by atoms with E-state index in [0.29, 0.717) is 44.3 Å². The molecule has 0 bridgehead atoms. The summed E-state index contributed by atoms with van der Waals surface area (Å²) in [6.45, 7) is 1.37. The summed E-state index contributed by atoms with van der Waals surface area (Å²) in [5.74, 6) is -0.932. The van der Waals surface area contributed by atoms with E-state index in [1.54, 1.807) is 24.3 Å². The highest BCUT2D eigenvalue weighted by Gasteiger charge is 2.23. The number of phenols is 1. The third kappa shape index (κ3) is 9.44. The molecule has 0 saturated heterocycles. The van der Waals surface area contributed by atoms with Crippen LogP contribution < -0.4 is 34.0 Å². The molecule has 298 valence electrons. The molecule has 0 fully saturated rings. The molecule has 1 amide bonds. The maximum atomic E-state index is 11.2. The molecular formula is C32H32N6O14S4. The van der Waals surface area contributed by atoms with Gasteiger partial charge in [0.25, 0.3) is 40.5 Å². The zero-order valence-electron chi connectivity index (χ0n) is 28.4. The van der Waals surface area contributed by atoms with Gasteiger partial charge in [-0.05, 0) is 72.1 Å². The maximum absolute atomic E-state index is 11.2. The van der Waals surface area contributed by atoms with Gasteiger partial charge in [-0.3, -0.25) is 23.0 Å². The molecule has 56 heavy (non-hydrogen) atoms. The Morgan fingerprint density at radius 2 is 0.929 bits per heavy atom. The number of anilines is 6. The molecule has 20 nitrogen and oxygen atoms in total. The number of rotatable bonds is 5. The van der Waals surface area contributed by atoms with Crippen LogP contribution in [0.3, 0.4) is 0 Å². The minimum absolute atomic E-state index is 0.0372. The van der Waals surface area contributed by atoms with E-state index in [2.05, 4.69) is 5.32 Å². The molecule has 6 rings (SSSR count). The Hall–Kier alpha value is -5.99. The Bertz CT molecular complexity index is 3050. The maximum Gasteiger partial charge on any atom is 0.296 e. The van der Waals surface area contributed by atoms with Crippen molar-refractivity contribution in [2.45, 2.75) is 26.5 Å². The first-order valence-corrected chi connectivity index (χ1v) is 20.8. The Labute approximate surface area is 318 Å². The van der Waals surface area contributed by atoms with Crippen molar-refractivity contribution in [2.24, 2.45) is 0 Å². The third-order valence-electron chi connectivity index (χ3n) is 7.78. The fourth-order valence-corrected chi connectivity index (χ4v) is 7.49. The van der Waals surface area contributed by atoms with Crippen LogP contribution in [0.25, 0.3) is 32.3 Å². The van der Waals surface area contributed by atoms with Crippen LogP contribution in [-0.2, 0) is 45.3 Å². The normalized spacial score (nSPS) is 12.0. The van der Waals surface area contributed by atoms with Gasteiger partial charge in [0, 0.05) is 56.6 Å². The molecule has 0 atom stereocenters. The number of fused-ring (bicyclic) bond motifs is 3. The molecule has 24 heteroatoms. The average molecular weight is 853 g/mol. The summed E-state index contributed by atoms with van der Waals surface area (Å²) in [5.41, 5.74) is 28.9. The lowest BCUT2D eigenvalue weighted by Gasteiger charge is -2.11. The van der Waals surface area contributed by atoms with Crippen LogP contribution in [0, 0.1) is 0 Å². The second kappa shape index (κ2) is 15.3. The minimum Gasteiger partial charge on any atom is -0.505 e. The van der Waals surface area contributed by atoms with Gasteiger partial charge in [0.05, 0.1) is 21.2 Å². The van der Waals surface area contributed by atoms with Crippen molar-refractivity contribution in [3.05, 3.63) is 78.9 Å². The smallest absolute Gasteiger partial charge is 0.296 e. The minimum atomic E-state index is -4.73. The van der Waals surface area contributed by atoms with Crippen LogP contribution in [0.5, 0.6) is 5.75 Å². The van der Waals surface area contributed by atoms with Crippen molar-refractivity contribution >= 4 is 113 Å². The Morgan fingerprint density at radius 3 is 1.39 bits per heavy atom. The number of nitrogens with one attached hydrogen (secondary N) is 1. The third-order valence-corrected chi connectivity index (χ3v) is 11.3. The predicted molar refractivity (Wildman–Crippen MR) is 209 cm³/mol. The number of carbonyl (C=O) groups is 1. The number of hydrogen-bond acceptors (Lipinski definition) is 15. The van der Waals surface area contributed by atoms with Crippen LogP contribution >= 0.6 is 0 Å². The molecule has 0 aliphatic carbocycles. The molecule has 0 aliphatic rings. The average Bonchev–Trinajstić information content (AvgIpc) is 3.07. The van der Waals surface area contributed by atoms with E-state index >= 15 is 0 Å². The van der Waals surface area contributed by atoms with Crippen molar-refractivity contribution in [1.82, 2.24) is 0 Å². The van der Waals surface area contributed by atoms with Gasteiger partial charge in [-0.25, -0.2) is 0 Å². The summed E-state index contributed by atoms with van der Waals surface area (Å²) in [6.07, 6.45) is 0. The molecule has 6 aromatic rings. The monoisotopic (exact) mass is 852 g/mol. The molecule has 0 saturated carbocycles. The fourth-order valence-electron chi connectivity index (χ4n) is 5.20. The standard InChI is InChI=1S/C12H12N2O4S.C10H10N2O7S2.C10H10N2O3S/c1-7(15)14-12-5-4-11(13)10-6-8(19(16,17)18)2-3-9(10)12;11-6-3-5-4(1-7(6)20(14,15)16)2-8(21(17,18)19)9(12)10(5)13;11-9-3-4-10(12)8-5-6(16(13,14)15)1-2-7(8)9/h2-6H,13H2,1H3,(H,14,15)(H,16,17,18);1-3,13H,11-12H2,(H,14,15,16)(H,17,18,19);1-5H,11-12H2,(H,13,14,15). The largest absolute Gasteiger partial charge is 0.505 e. The van der Waals surface area contributed by atoms with Crippen LogP contribution in [0.15, 0.2) is 98.4 Å². The molecular weight excluding hydrogens is 821 g/mol. The summed E-state index contributed by atoms with van der Waals surface area (Å²) >= 11 is 0. The van der Waals surface area contributed by atoms with E-state index in [9.17, 15) is 43.6 Å². The lowest BCUT2D eigenvalue weighted by atomic mass is 10.1. The second-order valence-corrected chi connectivity index (χ2v) is 17.3. The van der Waals surface area contributed by atoms with E-state index in [0.717, 1.165) is 18.2 Å². The molecule has 0 radical (unpaired) electrons. The summed E-state index contributed by atoms with van der Waals surface area (Å²) in [6, 6.07) is 17.3. The molecule has 6 aromatic carbocycles. The number of benzene rings is 6. The number of phenolic OH excluding ortho intramolecular Hbond substituents is 1. The van der Waals surface area contributed by atoms with Gasteiger partial charge in [0.2, 0.25) is 5.91 Å². The quantitative estimate of drug-likeness (QED) is 0.0674. The highest BCUT2D eigenvalue weighted by Crippen LogP contribution is 2.39. The molecule has 0 aromatic heterocycles. The van der Waals surface area contributed by atoms with Gasteiger partial charge in [0.1, 0.15) is 15.5 Å². The summed E-state index contributed by atoms with van der Waals surface area (Å²) in [7, 11) is -17.9. The van der Waals surface area contributed by atoms with Crippen molar-refractivity contribution in [2.75, 3.05) is 34.0 Å². The number of aromatic hydroxyl groups is 1. The first kappa shape index (κ1) is 42.7. The van der Waals surface area contributed by atoms with E-state index in [4.69, 9.17) is 46.9 Å². The summed E-state index contributed by atoms with van der Waals surface area (Å²) in [5, 5.41) is 14.6. The van der Waals surface area contributed by atoms with E-state index in [1.165, 1.54) is 43.3 Å². The first-order valence-electron chi connectivity index (χ1n) is 15.0. The van der Waals surface area contributed by atoms with Gasteiger partial charge in [0.15, 0.2) is 0 Å². The van der Waals surface area contributed by atoms with Gasteiger partial charge >= 0.3 is 0 Å². The van der Waals surface area contributed by atoms with Gasteiger partial charge in [-0.15, -0.1) is 0 Å². The summed E-state index contributed by atoms with van der Waals surface area (Å²) < 4.78 is 125. The van der Waals surface area contributed by atoms with Crippen LogP contribution in [0.1, 0.15) is 6.92 Å². The summed E-state index contributed by atoms with van der Waals surface area (Å²) in [4.78, 5) is 9.19. The van der Waals surface area contributed by atoms with Crippen molar-refractivity contribution < 1.29 is 61.8 Å². The SMILES string of the molecule is CC(=O)Nc1ccc(N)c2cc(S(=O)(=O)O)ccc12.Nc1cc2c(O)c(N)c(S(=O)(=O)O)cc2cc1S(=O)(=O)O.Nc1ccc(N)c2cc(S(=O)(=O)O)ccc12. The van der Waals surface area contributed by atoms with Crippen molar-refractivity contribution in [1.29, 1.82) is 0 Å². The second-order valence-electron chi connectivity index (χ2n) is 11.7. The fraction of sp³-hybridized carbons (Fsp3) is 0.0312.